The highest BCUT2D eigenvalue weighted by Crippen LogP contribution is 2.21. The fraction of sp³-hybridized carbons (Fsp3) is 0.643. The van der Waals surface area contributed by atoms with Crippen LogP contribution in [0.1, 0.15) is 38.7 Å². The molecule has 1 aromatic heterocycles. The lowest BCUT2D eigenvalue weighted by atomic mass is 9.89. The Labute approximate surface area is 109 Å². The molecule has 1 aromatic rings. The van der Waals surface area contributed by atoms with Crippen molar-refractivity contribution in [1.82, 2.24) is 5.32 Å². The summed E-state index contributed by atoms with van der Waals surface area (Å²) in [6.45, 7) is 6.14. The van der Waals surface area contributed by atoms with Gasteiger partial charge in [-0.25, -0.2) is 0 Å². The van der Waals surface area contributed by atoms with E-state index < -0.39 is 0 Å². The van der Waals surface area contributed by atoms with Gasteiger partial charge in [-0.15, -0.1) is 0 Å². The maximum absolute atomic E-state index is 8.88. The number of hydrogen-bond acceptors (Lipinski definition) is 3. The average molecular weight is 250 g/mol. The van der Waals surface area contributed by atoms with E-state index in [0.717, 1.165) is 38.8 Å². The van der Waals surface area contributed by atoms with E-state index in [4.69, 9.17) is 5.26 Å². The summed E-state index contributed by atoms with van der Waals surface area (Å²) >= 11 is 1.76. The van der Waals surface area contributed by atoms with Crippen molar-refractivity contribution >= 4 is 11.3 Å². The number of hydrogen-bond donors (Lipinski definition) is 1. The molecule has 1 N–H and O–H groups in total. The van der Waals surface area contributed by atoms with Gasteiger partial charge in [0.1, 0.15) is 0 Å². The fourth-order valence-corrected chi connectivity index (χ4v) is 2.37. The van der Waals surface area contributed by atoms with Gasteiger partial charge >= 0.3 is 0 Å². The number of nitrogens with one attached hydrogen (secondary N) is 1. The lowest BCUT2D eigenvalue weighted by Gasteiger charge is -2.14. The summed E-state index contributed by atoms with van der Waals surface area (Å²) in [6, 6.07) is 4.52. The molecule has 0 unspecified atom stereocenters. The molecule has 0 saturated heterocycles. The van der Waals surface area contributed by atoms with E-state index in [9.17, 15) is 0 Å². The van der Waals surface area contributed by atoms with E-state index in [1.165, 1.54) is 5.56 Å². The van der Waals surface area contributed by atoms with Crippen LogP contribution in [0, 0.1) is 16.7 Å². The van der Waals surface area contributed by atoms with Gasteiger partial charge in [-0.1, -0.05) is 6.42 Å². The van der Waals surface area contributed by atoms with E-state index in [2.05, 4.69) is 28.2 Å². The van der Waals surface area contributed by atoms with Crippen molar-refractivity contribution < 1.29 is 0 Å². The highest BCUT2D eigenvalue weighted by Gasteiger charge is 2.14. The highest BCUT2D eigenvalue weighted by molar-refractivity contribution is 7.07. The summed E-state index contributed by atoms with van der Waals surface area (Å²) in [7, 11) is 0. The van der Waals surface area contributed by atoms with E-state index in [-0.39, 0.29) is 5.41 Å². The van der Waals surface area contributed by atoms with Gasteiger partial charge in [-0.2, -0.15) is 16.6 Å². The van der Waals surface area contributed by atoms with Gasteiger partial charge in [0, 0.05) is 0 Å². The smallest absolute Gasteiger partial charge is 0.0683 e. The van der Waals surface area contributed by atoms with Crippen molar-refractivity contribution in [1.29, 1.82) is 5.26 Å². The van der Waals surface area contributed by atoms with Crippen molar-refractivity contribution in [2.75, 3.05) is 13.1 Å². The minimum Gasteiger partial charge on any atom is -0.316 e. The number of nitrogens with zero attached hydrogens (tertiary/aromatic N) is 1. The Bertz CT molecular complexity index is 336. The Morgan fingerprint density at radius 3 is 2.82 bits per heavy atom. The summed E-state index contributed by atoms with van der Waals surface area (Å²) in [5.74, 6) is 0. The molecule has 94 valence electrons. The molecule has 0 amide bonds. The molecule has 0 aliphatic rings. The molecule has 1 heterocycles. The van der Waals surface area contributed by atoms with Gasteiger partial charge in [-0.3, -0.25) is 0 Å². The predicted molar refractivity (Wildman–Crippen MR) is 74.1 cm³/mol. The molecule has 0 aromatic carbocycles. The van der Waals surface area contributed by atoms with Gasteiger partial charge in [0.05, 0.1) is 11.5 Å². The molecule has 2 nitrogen and oxygen atoms in total. The Hall–Kier alpha value is -0.850. The van der Waals surface area contributed by atoms with Crippen molar-refractivity contribution in [2.24, 2.45) is 5.41 Å². The SMILES string of the molecule is CC(C)(C#N)CCCCNCCc1ccsc1. The van der Waals surface area contributed by atoms with Crippen LogP contribution in [0.4, 0.5) is 0 Å². The first-order chi connectivity index (χ1) is 8.14. The Morgan fingerprint density at radius 1 is 1.35 bits per heavy atom. The molecule has 0 saturated carbocycles. The van der Waals surface area contributed by atoms with Crippen molar-refractivity contribution in [3.8, 4) is 6.07 Å². The van der Waals surface area contributed by atoms with Crippen LogP contribution in [0.5, 0.6) is 0 Å². The molecular weight excluding hydrogens is 228 g/mol. The van der Waals surface area contributed by atoms with Crippen molar-refractivity contribution in [3.05, 3.63) is 22.4 Å². The molecule has 0 fully saturated rings. The number of nitriles is 1. The molecule has 0 aliphatic heterocycles. The average Bonchev–Trinajstić information content (AvgIpc) is 2.81. The van der Waals surface area contributed by atoms with E-state index in [0.29, 0.717) is 0 Å². The summed E-state index contributed by atoms with van der Waals surface area (Å²) in [5.41, 5.74) is 1.27. The van der Waals surface area contributed by atoms with Gasteiger partial charge in [-0.05, 0) is 68.6 Å². The van der Waals surface area contributed by atoms with Crippen LogP contribution in [0.15, 0.2) is 16.8 Å². The zero-order chi connectivity index (χ0) is 12.6. The van der Waals surface area contributed by atoms with Gasteiger partial charge in [0.15, 0.2) is 0 Å². The van der Waals surface area contributed by atoms with Crippen LogP contribution in [0.25, 0.3) is 0 Å². The third kappa shape index (κ3) is 6.45. The quantitative estimate of drug-likeness (QED) is 0.716. The zero-order valence-electron chi connectivity index (χ0n) is 10.8. The fourth-order valence-electron chi connectivity index (χ4n) is 1.67. The molecule has 0 bridgehead atoms. The van der Waals surface area contributed by atoms with Crippen LogP contribution >= 0.6 is 11.3 Å². The largest absolute Gasteiger partial charge is 0.316 e. The minimum atomic E-state index is -0.156. The second kappa shape index (κ2) is 7.47. The van der Waals surface area contributed by atoms with Crippen LogP contribution < -0.4 is 5.32 Å². The number of unbranched alkanes of at least 4 members (excludes halogenated alkanes) is 1. The molecule has 0 aliphatic carbocycles. The summed E-state index contributed by atoms with van der Waals surface area (Å²) in [4.78, 5) is 0. The van der Waals surface area contributed by atoms with Crippen LogP contribution in [-0.2, 0) is 6.42 Å². The maximum Gasteiger partial charge on any atom is 0.0683 e. The van der Waals surface area contributed by atoms with Crippen molar-refractivity contribution in [2.45, 2.75) is 39.5 Å². The van der Waals surface area contributed by atoms with E-state index >= 15 is 0 Å². The highest BCUT2D eigenvalue weighted by atomic mass is 32.1. The lowest BCUT2D eigenvalue weighted by Crippen LogP contribution is -2.19. The van der Waals surface area contributed by atoms with E-state index in [1.54, 1.807) is 11.3 Å². The normalized spacial score (nSPS) is 11.4. The molecular formula is C14H22N2S. The topological polar surface area (TPSA) is 35.8 Å². The lowest BCUT2D eigenvalue weighted by molar-refractivity contribution is 0.423. The molecule has 1 rings (SSSR count). The molecule has 0 spiro atoms. The Balaban J connectivity index is 1.93. The summed E-state index contributed by atoms with van der Waals surface area (Å²) in [6.07, 6.45) is 4.41. The first-order valence-corrected chi connectivity index (χ1v) is 7.21. The number of rotatable bonds is 8. The Morgan fingerprint density at radius 2 is 2.18 bits per heavy atom. The molecule has 3 heteroatoms. The molecule has 17 heavy (non-hydrogen) atoms. The van der Waals surface area contributed by atoms with Crippen LogP contribution in [-0.4, -0.2) is 13.1 Å². The van der Waals surface area contributed by atoms with Crippen molar-refractivity contribution in [3.63, 3.8) is 0 Å². The third-order valence-corrected chi connectivity index (χ3v) is 3.61. The Kier molecular flexibility index (Phi) is 6.25. The minimum absolute atomic E-state index is 0.156. The molecule has 0 radical (unpaired) electrons. The molecule has 0 atom stereocenters. The standard InChI is InChI=1S/C14H22N2S/c1-14(2,12-15)7-3-4-8-16-9-5-13-6-10-17-11-13/h6,10-11,16H,3-5,7-9H2,1-2H3. The van der Waals surface area contributed by atoms with Crippen LogP contribution in [0.3, 0.4) is 0 Å². The first-order valence-electron chi connectivity index (χ1n) is 6.27. The first kappa shape index (κ1) is 14.2. The van der Waals surface area contributed by atoms with Gasteiger partial charge < -0.3 is 5.32 Å². The van der Waals surface area contributed by atoms with Gasteiger partial charge in [0.2, 0.25) is 0 Å². The zero-order valence-corrected chi connectivity index (χ0v) is 11.6. The second-order valence-electron chi connectivity index (χ2n) is 5.08. The summed E-state index contributed by atoms with van der Waals surface area (Å²) in [5, 5.41) is 16.7. The third-order valence-electron chi connectivity index (χ3n) is 2.88. The summed E-state index contributed by atoms with van der Waals surface area (Å²) < 4.78 is 0. The van der Waals surface area contributed by atoms with Gasteiger partial charge in [0.25, 0.3) is 0 Å². The number of thiophene rings is 1. The second-order valence-corrected chi connectivity index (χ2v) is 5.86. The monoisotopic (exact) mass is 250 g/mol. The predicted octanol–water partition coefficient (Wildman–Crippen LogP) is 3.60. The van der Waals surface area contributed by atoms with Crippen LogP contribution in [0.2, 0.25) is 0 Å². The maximum atomic E-state index is 8.88. The van der Waals surface area contributed by atoms with E-state index in [1.807, 2.05) is 13.8 Å².